The highest BCUT2D eigenvalue weighted by atomic mass is 32.1. The van der Waals surface area contributed by atoms with Crippen molar-refractivity contribution in [3.8, 4) is 5.75 Å². The number of aryl methyl sites for hydroxylation is 2. The normalized spacial score (nSPS) is 11.0. The van der Waals surface area contributed by atoms with Gasteiger partial charge in [0, 0.05) is 25.5 Å². The Bertz CT molecular complexity index is 742. The van der Waals surface area contributed by atoms with Crippen molar-refractivity contribution in [1.29, 1.82) is 0 Å². The number of methoxy groups -OCH3 is 1. The van der Waals surface area contributed by atoms with Crippen LogP contribution >= 0.6 is 12.2 Å². The number of nitrogens with one attached hydrogen (secondary N) is 1. The van der Waals surface area contributed by atoms with Crippen molar-refractivity contribution in [1.82, 2.24) is 19.1 Å². The second-order valence-corrected chi connectivity index (χ2v) is 4.62. The molecule has 2 heterocycles. The maximum Gasteiger partial charge on any atom is 0.178 e. The van der Waals surface area contributed by atoms with Crippen LogP contribution in [0.1, 0.15) is 0 Å². The zero-order chi connectivity index (χ0) is 13.2. The van der Waals surface area contributed by atoms with Crippen molar-refractivity contribution >= 4 is 23.3 Å². The van der Waals surface area contributed by atoms with Gasteiger partial charge in [0.05, 0.1) is 19.0 Å². The highest BCUT2D eigenvalue weighted by Gasteiger charge is 2.08. The van der Waals surface area contributed by atoms with Crippen LogP contribution in [0.4, 0.5) is 0 Å². The molecule has 1 aromatic carbocycles. The standard InChI is InChI=1S/C13H14N4OS/c1-18-11-4-2-3-10-12(11)15-13(19)17(10)8-7-16-6-5-14-9-16/h2-6,9H,7-8H2,1H3,(H,15,19). The molecule has 0 atom stereocenters. The lowest BCUT2D eigenvalue weighted by molar-refractivity contribution is 0.419. The third-order valence-corrected chi connectivity index (χ3v) is 3.46. The molecule has 0 fully saturated rings. The van der Waals surface area contributed by atoms with Crippen molar-refractivity contribution in [3.05, 3.63) is 41.7 Å². The van der Waals surface area contributed by atoms with Crippen molar-refractivity contribution in [3.63, 3.8) is 0 Å². The van der Waals surface area contributed by atoms with Gasteiger partial charge in [-0.05, 0) is 24.4 Å². The summed E-state index contributed by atoms with van der Waals surface area (Å²) in [7, 11) is 1.66. The Morgan fingerprint density at radius 1 is 1.37 bits per heavy atom. The lowest BCUT2D eigenvalue weighted by Crippen LogP contribution is -2.05. The molecule has 0 saturated heterocycles. The van der Waals surface area contributed by atoms with Gasteiger partial charge < -0.3 is 18.9 Å². The topological polar surface area (TPSA) is 47.8 Å². The van der Waals surface area contributed by atoms with Gasteiger partial charge in [-0.1, -0.05) is 6.07 Å². The first-order chi connectivity index (χ1) is 9.29. The van der Waals surface area contributed by atoms with E-state index in [-0.39, 0.29) is 0 Å². The minimum atomic E-state index is 0.708. The fourth-order valence-electron chi connectivity index (χ4n) is 2.18. The number of hydrogen-bond donors (Lipinski definition) is 1. The molecular weight excluding hydrogens is 260 g/mol. The number of para-hydroxylation sites is 1. The van der Waals surface area contributed by atoms with Gasteiger partial charge in [-0.25, -0.2) is 4.98 Å². The summed E-state index contributed by atoms with van der Waals surface area (Å²) < 4.78 is 10.2. The average molecular weight is 274 g/mol. The first kappa shape index (κ1) is 12.0. The second kappa shape index (κ2) is 4.89. The van der Waals surface area contributed by atoms with E-state index in [9.17, 15) is 0 Å². The molecule has 5 nitrogen and oxygen atoms in total. The van der Waals surface area contributed by atoms with Crippen molar-refractivity contribution in [2.75, 3.05) is 7.11 Å². The summed E-state index contributed by atoms with van der Waals surface area (Å²) in [4.78, 5) is 7.24. The minimum Gasteiger partial charge on any atom is -0.494 e. The van der Waals surface area contributed by atoms with Crippen LogP contribution in [0.5, 0.6) is 5.75 Å². The van der Waals surface area contributed by atoms with Crippen molar-refractivity contribution < 1.29 is 4.74 Å². The Morgan fingerprint density at radius 3 is 3.00 bits per heavy atom. The summed E-state index contributed by atoms with van der Waals surface area (Å²) in [6.07, 6.45) is 5.52. The molecule has 3 aromatic rings. The number of ether oxygens (including phenoxy) is 1. The molecule has 0 bridgehead atoms. The van der Waals surface area contributed by atoms with E-state index in [0.29, 0.717) is 4.77 Å². The Kier molecular flexibility index (Phi) is 3.08. The smallest absolute Gasteiger partial charge is 0.178 e. The molecule has 0 aliphatic rings. The summed E-state index contributed by atoms with van der Waals surface area (Å²) in [5, 5.41) is 0. The van der Waals surface area contributed by atoms with Crippen molar-refractivity contribution in [2.45, 2.75) is 13.1 Å². The van der Waals surface area contributed by atoms with Crippen molar-refractivity contribution in [2.24, 2.45) is 0 Å². The number of fused-ring (bicyclic) bond motifs is 1. The van der Waals surface area contributed by atoms with E-state index in [1.165, 1.54) is 0 Å². The van der Waals surface area contributed by atoms with E-state index in [1.54, 1.807) is 19.6 Å². The van der Waals surface area contributed by atoms with Crippen LogP contribution in [0, 0.1) is 4.77 Å². The van der Waals surface area contributed by atoms with Crippen LogP contribution in [-0.2, 0) is 13.1 Å². The number of rotatable bonds is 4. The largest absolute Gasteiger partial charge is 0.494 e. The molecule has 0 saturated carbocycles. The molecule has 0 spiro atoms. The summed E-state index contributed by atoms with van der Waals surface area (Å²) in [6, 6.07) is 5.93. The quantitative estimate of drug-likeness (QED) is 0.744. The van der Waals surface area contributed by atoms with Crippen LogP contribution in [0.2, 0.25) is 0 Å². The molecule has 0 amide bonds. The van der Waals surface area contributed by atoms with Gasteiger partial charge in [0.15, 0.2) is 4.77 Å². The number of benzene rings is 1. The van der Waals surface area contributed by atoms with Gasteiger partial charge in [0.2, 0.25) is 0 Å². The monoisotopic (exact) mass is 274 g/mol. The molecule has 6 heteroatoms. The molecule has 19 heavy (non-hydrogen) atoms. The first-order valence-electron chi connectivity index (χ1n) is 6.01. The van der Waals surface area contributed by atoms with E-state index in [2.05, 4.69) is 14.5 Å². The molecular formula is C13H14N4OS. The second-order valence-electron chi connectivity index (χ2n) is 4.24. The lowest BCUT2D eigenvalue weighted by Gasteiger charge is -2.06. The Labute approximate surface area is 115 Å². The predicted octanol–water partition coefficient (Wildman–Crippen LogP) is 2.60. The van der Waals surface area contributed by atoms with Crippen LogP contribution in [0.25, 0.3) is 11.0 Å². The zero-order valence-electron chi connectivity index (χ0n) is 10.5. The number of hydrogen-bond acceptors (Lipinski definition) is 3. The molecule has 98 valence electrons. The maximum atomic E-state index is 5.38. The molecule has 2 aromatic heterocycles. The first-order valence-corrected chi connectivity index (χ1v) is 6.41. The van der Waals surface area contributed by atoms with E-state index < -0.39 is 0 Å². The molecule has 0 unspecified atom stereocenters. The molecule has 1 N–H and O–H groups in total. The number of nitrogens with zero attached hydrogens (tertiary/aromatic N) is 3. The van der Waals surface area contributed by atoms with E-state index in [0.717, 1.165) is 29.9 Å². The molecule has 0 aliphatic carbocycles. The fraction of sp³-hybridized carbons (Fsp3) is 0.231. The molecule has 3 rings (SSSR count). The third-order valence-electron chi connectivity index (χ3n) is 3.13. The van der Waals surface area contributed by atoms with Gasteiger partial charge in [0.1, 0.15) is 11.3 Å². The molecule has 0 aliphatic heterocycles. The molecule has 0 radical (unpaired) electrons. The summed E-state index contributed by atoms with van der Waals surface area (Å²) in [6.45, 7) is 1.63. The number of H-pyrrole nitrogens is 1. The Balaban J connectivity index is 1.99. The highest BCUT2D eigenvalue weighted by molar-refractivity contribution is 7.71. The van der Waals surface area contributed by atoms with Crippen LogP contribution in [0.3, 0.4) is 0 Å². The maximum absolute atomic E-state index is 5.38. The zero-order valence-corrected chi connectivity index (χ0v) is 11.4. The van der Waals surface area contributed by atoms with Crippen LogP contribution < -0.4 is 4.74 Å². The fourth-order valence-corrected chi connectivity index (χ4v) is 2.47. The minimum absolute atomic E-state index is 0.708. The van der Waals surface area contributed by atoms with Gasteiger partial charge in [-0.15, -0.1) is 0 Å². The number of imidazole rings is 2. The van der Waals surface area contributed by atoms with Gasteiger partial charge in [0.25, 0.3) is 0 Å². The average Bonchev–Trinajstić information content (AvgIpc) is 3.03. The highest BCUT2D eigenvalue weighted by Crippen LogP contribution is 2.24. The Morgan fingerprint density at radius 2 is 2.26 bits per heavy atom. The lowest BCUT2D eigenvalue weighted by atomic mass is 10.3. The third kappa shape index (κ3) is 2.15. The summed E-state index contributed by atoms with van der Waals surface area (Å²) in [5.41, 5.74) is 2.00. The van der Waals surface area contributed by atoms with Gasteiger partial charge >= 0.3 is 0 Å². The van der Waals surface area contributed by atoms with Gasteiger partial charge in [-0.2, -0.15) is 0 Å². The summed E-state index contributed by atoms with van der Waals surface area (Å²) in [5.74, 6) is 0.810. The Hall–Kier alpha value is -2.08. The van der Waals surface area contributed by atoms with Crippen LogP contribution in [-0.4, -0.2) is 26.2 Å². The SMILES string of the molecule is COc1cccc2c1[nH]c(=S)n2CCn1ccnc1. The van der Waals surface area contributed by atoms with E-state index in [1.807, 2.05) is 29.0 Å². The predicted molar refractivity (Wildman–Crippen MR) is 75.9 cm³/mol. The number of aromatic nitrogens is 4. The van der Waals surface area contributed by atoms with Crippen LogP contribution in [0.15, 0.2) is 36.9 Å². The van der Waals surface area contributed by atoms with E-state index in [4.69, 9.17) is 17.0 Å². The number of aromatic amines is 1. The van der Waals surface area contributed by atoms with Gasteiger partial charge in [-0.3, -0.25) is 0 Å². The summed E-state index contributed by atoms with van der Waals surface area (Å²) >= 11 is 5.38. The van der Waals surface area contributed by atoms with E-state index >= 15 is 0 Å².